The number of carbonyl (C=O) groups is 1. The van der Waals surface area contributed by atoms with Gasteiger partial charge in [0.2, 0.25) is 5.91 Å². The molecular weight excluding hydrogens is 398 g/mol. The second-order valence-corrected chi connectivity index (χ2v) is 8.90. The van der Waals surface area contributed by atoms with Gasteiger partial charge in [-0.25, -0.2) is 4.98 Å². The van der Waals surface area contributed by atoms with Crippen LogP contribution in [0.5, 0.6) is 0 Å². The molecule has 1 aromatic heterocycles. The zero-order chi connectivity index (χ0) is 20.8. The summed E-state index contributed by atoms with van der Waals surface area (Å²) in [5.41, 5.74) is 2.05. The third-order valence-electron chi connectivity index (χ3n) is 5.72. The molecule has 1 aliphatic heterocycles. The molecular formula is C23H29N3O3S. The summed E-state index contributed by atoms with van der Waals surface area (Å²) < 4.78 is 7.42. The van der Waals surface area contributed by atoms with Gasteiger partial charge in [0.25, 0.3) is 5.56 Å². The van der Waals surface area contributed by atoms with Gasteiger partial charge in [-0.3, -0.25) is 14.2 Å². The van der Waals surface area contributed by atoms with E-state index in [2.05, 4.69) is 16.4 Å². The van der Waals surface area contributed by atoms with E-state index in [1.807, 2.05) is 18.2 Å². The van der Waals surface area contributed by atoms with Crippen molar-refractivity contribution >= 4 is 28.6 Å². The fraction of sp³-hybridized carbons (Fsp3) is 0.522. The number of ether oxygens (including phenoxy) is 1. The highest BCUT2D eigenvalue weighted by molar-refractivity contribution is 7.99. The maximum Gasteiger partial charge on any atom is 0.262 e. The lowest BCUT2D eigenvalue weighted by molar-refractivity contribution is -0.118. The molecule has 0 bridgehead atoms. The molecule has 1 N–H and O–H groups in total. The molecule has 1 aliphatic carbocycles. The van der Waals surface area contributed by atoms with Crippen LogP contribution in [-0.2, 0) is 16.1 Å². The summed E-state index contributed by atoms with van der Waals surface area (Å²) >= 11 is 1.32. The van der Waals surface area contributed by atoms with Crippen molar-refractivity contribution < 1.29 is 9.53 Å². The molecule has 1 fully saturated rings. The molecule has 0 unspecified atom stereocenters. The van der Waals surface area contributed by atoms with Crippen molar-refractivity contribution in [3.63, 3.8) is 0 Å². The molecule has 2 heterocycles. The average Bonchev–Trinajstić information content (AvgIpc) is 3.29. The normalized spacial score (nSPS) is 19.1. The van der Waals surface area contributed by atoms with Crippen LogP contribution in [0.2, 0.25) is 0 Å². The van der Waals surface area contributed by atoms with Gasteiger partial charge in [-0.2, -0.15) is 0 Å². The minimum absolute atomic E-state index is 0.0255. The first-order valence-corrected chi connectivity index (χ1v) is 11.9. The Labute approximate surface area is 181 Å². The van der Waals surface area contributed by atoms with E-state index >= 15 is 0 Å². The molecule has 160 valence electrons. The monoisotopic (exact) mass is 427 g/mol. The van der Waals surface area contributed by atoms with Gasteiger partial charge in [-0.15, -0.1) is 0 Å². The highest BCUT2D eigenvalue weighted by Crippen LogP contribution is 2.21. The van der Waals surface area contributed by atoms with E-state index in [0.717, 1.165) is 38.7 Å². The minimum atomic E-state index is -0.0664. The smallest absolute Gasteiger partial charge is 0.262 e. The number of carbonyl (C=O) groups excluding carboxylic acids is 1. The van der Waals surface area contributed by atoms with Crippen LogP contribution in [-0.4, -0.2) is 40.5 Å². The van der Waals surface area contributed by atoms with Crippen molar-refractivity contribution in [3.8, 4) is 0 Å². The molecule has 0 saturated carbocycles. The summed E-state index contributed by atoms with van der Waals surface area (Å²) in [7, 11) is 0. The fourth-order valence-corrected chi connectivity index (χ4v) is 4.92. The minimum Gasteiger partial charge on any atom is -0.376 e. The third kappa shape index (κ3) is 5.32. The van der Waals surface area contributed by atoms with Crippen LogP contribution < -0.4 is 10.9 Å². The number of aromatic nitrogens is 2. The molecule has 1 aromatic carbocycles. The van der Waals surface area contributed by atoms with Crippen molar-refractivity contribution in [1.82, 2.24) is 14.9 Å². The first kappa shape index (κ1) is 21.1. The summed E-state index contributed by atoms with van der Waals surface area (Å²) in [6.45, 7) is 1.88. The first-order chi connectivity index (χ1) is 14.7. The second-order valence-electron chi connectivity index (χ2n) is 7.96. The number of allylic oxidation sites excluding steroid dienone is 1. The van der Waals surface area contributed by atoms with Crippen LogP contribution in [0, 0.1) is 0 Å². The molecule has 4 rings (SSSR count). The summed E-state index contributed by atoms with van der Waals surface area (Å²) in [6.07, 6.45) is 10.1. The molecule has 0 spiro atoms. The van der Waals surface area contributed by atoms with Crippen molar-refractivity contribution in [2.75, 3.05) is 18.9 Å². The summed E-state index contributed by atoms with van der Waals surface area (Å²) in [4.78, 5) is 30.1. The van der Waals surface area contributed by atoms with Crippen LogP contribution in [0.1, 0.15) is 44.9 Å². The molecule has 1 amide bonds. The van der Waals surface area contributed by atoms with E-state index in [4.69, 9.17) is 4.74 Å². The molecule has 30 heavy (non-hydrogen) atoms. The topological polar surface area (TPSA) is 73.2 Å². The molecule has 2 aromatic rings. The standard InChI is InChI=1S/C23H29N3O3S/c27-21(24-13-12-17-7-2-1-3-8-17)16-30-23-25-20-11-5-4-10-19(20)22(28)26(23)15-18-9-6-14-29-18/h4-5,7,10-11,18H,1-3,6,8-9,12-16H2,(H,24,27)/t18-/m0/s1. The number of amides is 1. The average molecular weight is 428 g/mol. The maximum absolute atomic E-state index is 13.1. The van der Waals surface area contributed by atoms with Gasteiger partial charge in [-0.05, 0) is 57.1 Å². The van der Waals surface area contributed by atoms with E-state index in [0.29, 0.717) is 29.1 Å². The van der Waals surface area contributed by atoms with Crippen LogP contribution >= 0.6 is 11.8 Å². The van der Waals surface area contributed by atoms with Gasteiger partial charge in [-0.1, -0.05) is 35.5 Å². The Morgan fingerprint density at radius 2 is 2.17 bits per heavy atom. The van der Waals surface area contributed by atoms with Gasteiger partial charge < -0.3 is 10.1 Å². The van der Waals surface area contributed by atoms with Crippen LogP contribution in [0.15, 0.2) is 45.9 Å². The van der Waals surface area contributed by atoms with Crippen molar-refractivity contribution in [2.24, 2.45) is 0 Å². The Bertz CT molecular complexity index is 979. The number of fused-ring (bicyclic) bond motifs is 1. The van der Waals surface area contributed by atoms with Gasteiger partial charge >= 0.3 is 0 Å². The number of nitrogens with zero attached hydrogens (tertiary/aromatic N) is 2. The number of nitrogens with one attached hydrogen (secondary N) is 1. The predicted octanol–water partition coefficient (Wildman–Crippen LogP) is 3.67. The Kier molecular flexibility index (Phi) is 7.23. The second kappa shape index (κ2) is 10.3. The molecule has 6 nitrogen and oxygen atoms in total. The number of hydrogen-bond donors (Lipinski definition) is 1. The Hall–Kier alpha value is -2.12. The lowest BCUT2D eigenvalue weighted by Crippen LogP contribution is -2.30. The highest BCUT2D eigenvalue weighted by Gasteiger charge is 2.20. The van der Waals surface area contributed by atoms with Crippen LogP contribution in [0.4, 0.5) is 0 Å². The Balaban J connectivity index is 1.42. The third-order valence-corrected chi connectivity index (χ3v) is 6.70. The first-order valence-electron chi connectivity index (χ1n) is 10.9. The predicted molar refractivity (Wildman–Crippen MR) is 120 cm³/mol. The SMILES string of the molecule is O=C(CSc1nc2ccccc2c(=O)n1C[C@@H]1CCCO1)NCCC1=CCCCC1. The summed E-state index contributed by atoms with van der Waals surface area (Å²) in [5, 5.41) is 4.19. The van der Waals surface area contributed by atoms with Crippen LogP contribution in [0.25, 0.3) is 10.9 Å². The zero-order valence-electron chi connectivity index (χ0n) is 17.3. The van der Waals surface area contributed by atoms with Gasteiger partial charge in [0, 0.05) is 13.2 Å². The Morgan fingerprint density at radius 3 is 2.97 bits per heavy atom. The molecule has 2 aliphatic rings. The molecule has 1 atom stereocenters. The fourth-order valence-electron chi connectivity index (χ4n) is 4.09. The van der Waals surface area contributed by atoms with E-state index in [1.165, 1.54) is 30.2 Å². The van der Waals surface area contributed by atoms with Crippen molar-refractivity contribution in [2.45, 2.75) is 62.8 Å². The zero-order valence-corrected chi connectivity index (χ0v) is 18.1. The quantitative estimate of drug-likeness (QED) is 0.395. The van der Waals surface area contributed by atoms with E-state index in [-0.39, 0.29) is 23.3 Å². The van der Waals surface area contributed by atoms with Gasteiger partial charge in [0.15, 0.2) is 5.16 Å². The van der Waals surface area contributed by atoms with Crippen molar-refractivity contribution in [1.29, 1.82) is 0 Å². The highest BCUT2D eigenvalue weighted by atomic mass is 32.2. The van der Waals surface area contributed by atoms with Crippen LogP contribution in [0.3, 0.4) is 0 Å². The van der Waals surface area contributed by atoms with Crippen molar-refractivity contribution in [3.05, 3.63) is 46.3 Å². The number of benzene rings is 1. The van der Waals surface area contributed by atoms with Gasteiger partial charge in [0.1, 0.15) is 0 Å². The molecule has 7 heteroatoms. The van der Waals surface area contributed by atoms with E-state index < -0.39 is 0 Å². The lowest BCUT2D eigenvalue weighted by Gasteiger charge is -2.16. The number of thioether (sulfide) groups is 1. The molecule has 1 saturated heterocycles. The summed E-state index contributed by atoms with van der Waals surface area (Å²) in [6, 6.07) is 7.37. The molecule has 0 radical (unpaired) electrons. The Morgan fingerprint density at radius 1 is 1.27 bits per heavy atom. The van der Waals surface area contributed by atoms with Gasteiger partial charge in [0.05, 0.1) is 29.3 Å². The number of hydrogen-bond acceptors (Lipinski definition) is 5. The van der Waals surface area contributed by atoms with E-state index in [1.54, 1.807) is 10.6 Å². The lowest BCUT2D eigenvalue weighted by atomic mass is 9.97. The summed E-state index contributed by atoms with van der Waals surface area (Å²) in [5.74, 6) is 0.220. The number of rotatable bonds is 8. The number of para-hydroxylation sites is 1. The maximum atomic E-state index is 13.1. The van der Waals surface area contributed by atoms with E-state index in [9.17, 15) is 9.59 Å². The largest absolute Gasteiger partial charge is 0.376 e.